The second kappa shape index (κ2) is 5.92. The van der Waals surface area contributed by atoms with Gasteiger partial charge < -0.3 is 5.11 Å². The zero-order valence-corrected chi connectivity index (χ0v) is 14.5. The summed E-state index contributed by atoms with van der Waals surface area (Å²) in [6, 6.07) is 17.8. The summed E-state index contributed by atoms with van der Waals surface area (Å²) in [5, 5.41) is 12.8. The van der Waals surface area contributed by atoms with E-state index in [0.717, 1.165) is 31.9 Å². The highest BCUT2D eigenvalue weighted by Gasteiger charge is 2.19. The van der Waals surface area contributed by atoms with Crippen molar-refractivity contribution in [2.45, 2.75) is 6.10 Å². The Balaban J connectivity index is 1.86. The average molecular weight is 385 g/mol. The summed E-state index contributed by atoms with van der Waals surface area (Å²) >= 11 is 5.04. The van der Waals surface area contributed by atoms with Crippen molar-refractivity contribution in [1.29, 1.82) is 0 Å². The van der Waals surface area contributed by atoms with Gasteiger partial charge in [0.05, 0.1) is 17.6 Å². The molecule has 0 aliphatic heterocycles. The largest absolute Gasteiger partial charge is 0.382 e. The Morgan fingerprint density at radius 2 is 1.78 bits per heavy atom. The fraction of sp³-hybridized carbons (Fsp3) is 0.0556. The molecule has 1 N–H and O–H groups in total. The lowest BCUT2D eigenvalue weighted by Gasteiger charge is -2.11. The van der Waals surface area contributed by atoms with Gasteiger partial charge in [0.1, 0.15) is 6.10 Å². The summed E-state index contributed by atoms with van der Waals surface area (Å²) in [6.07, 6.45) is 1.06. The molecule has 2 heterocycles. The first-order valence-corrected chi connectivity index (χ1v) is 8.85. The topological polar surface area (TPSA) is 37.5 Å². The monoisotopic (exact) mass is 384 g/mol. The van der Waals surface area contributed by atoms with Crippen LogP contribution >= 0.6 is 27.3 Å². The van der Waals surface area contributed by atoms with E-state index >= 15 is 0 Å². The van der Waals surface area contributed by atoms with Crippen molar-refractivity contribution in [1.82, 2.24) is 9.38 Å². The van der Waals surface area contributed by atoms with Crippen molar-refractivity contribution in [2.24, 2.45) is 0 Å². The molecule has 0 spiro atoms. The Morgan fingerprint density at radius 3 is 2.52 bits per heavy atom. The van der Waals surface area contributed by atoms with Gasteiger partial charge in [-0.2, -0.15) is 0 Å². The maximum Gasteiger partial charge on any atom is 0.194 e. The highest BCUT2D eigenvalue weighted by molar-refractivity contribution is 9.10. The number of imidazole rings is 1. The predicted molar refractivity (Wildman–Crippen MR) is 96.7 cm³/mol. The predicted octanol–water partition coefficient (Wildman–Crippen LogP) is 4.91. The van der Waals surface area contributed by atoms with E-state index < -0.39 is 6.10 Å². The van der Waals surface area contributed by atoms with Crippen LogP contribution in [0.2, 0.25) is 0 Å². The highest BCUT2D eigenvalue weighted by Crippen LogP contribution is 2.32. The van der Waals surface area contributed by atoms with E-state index in [1.54, 1.807) is 17.5 Å². The molecule has 5 heteroatoms. The summed E-state index contributed by atoms with van der Waals surface area (Å²) in [5.41, 5.74) is 3.78. The van der Waals surface area contributed by atoms with Crippen molar-refractivity contribution in [3.05, 3.63) is 81.9 Å². The number of rotatable bonds is 3. The van der Waals surface area contributed by atoms with Crippen LogP contribution in [0.1, 0.15) is 17.4 Å². The molecule has 1 unspecified atom stereocenters. The van der Waals surface area contributed by atoms with E-state index in [4.69, 9.17) is 0 Å². The summed E-state index contributed by atoms with van der Waals surface area (Å²) in [5.74, 6) is 0. The summed E-state index contributed by atoms with van der Waals surface area (Å²) in [4.78, 5) is 5.32. The SMILES string of the molecule is OC(c1ccccc1)c1cnc2scc(-c3ccc(Br)cc3)n12. The van der Waals surface area contributed by atoms with Crippen LogP contribution in [-0.2, 0) is 0 Å². The molecule has 114 valence electrons. The standard InChI is InChI=1S/C18H13BrN2OS/c19-14-8-6-12(7-9-14)16-11-23-18-20-10-15(21(16)18)17(22)13-4-2-1-3-5-13/h1-11,17,22H. The Labute approximate surface area is 146 Å². The van der Waals surface area contributed by atoms with E-state index in [-0.39, 0.29) is 0 Å². The molecule has 0 bridgehead atoms. The average Bonchev–Trinajstić information content (AvgIpc) is 3.18. The van der Waals surface area contributed by atoms with Gasteiger partial charge in [0, 0.05) is 9.85 Å². The first-order valence-electron chi connectivity index (χ1n) is 7.18. The number of fused-ring (bicyclic) bond motifs is 1. The zero-order chi connectivity index (χ0) is 15.8. The van der Waals surface area contributed by atoms with Gasteiger partial charge in [0.25, 0.3) is 0 Å². The number of aromatic nitrogens is 2. The first kappa shape index (κ1) is 14.6. The number of nitrogens with zero attached hydrogens (tertiary/aromatic N) is 2. The second-order valence-corrected chi connectivity index (χ2v) is 6.99. The van der Waals surface area contributed by atoms with Gasteiger partial charge in [-0.3, -0.25) is 4.40 Å². The normalized spacial score (nSPS) is 12.6. The summed E-state index contributed by atoms with van der Waals surface area (Å²) in [7, 11) is 0. The molecule has 0 aliphatic carbocycles. The van der Waals surface area contributed by atoms with Crippen molar-refractivity contribution >= 4 is 32.2 Å². The third kappa shape index (κ3) is 2.61. The molecular formula is C18H13BrN2OS. The van der Waals surface area contributed by atoms with Crippen molar-refractivity contribution in [2.75, 3.05) is 0 Å². The quantitative estimate of drug-likeness (QED) is 0.544. The van der Waals surface area contributed by atoms with Gasteiger partial charge in [-0.05, 0) is 23.3 Å². The number of aliphatic hydroxyl groups excluding tert-OH is 1. The number of hydrogen-bond acceptors (Lipinski definition) is 3. The molecule has 2 aromatic carbocycles. The van der Waals surface area contributed by atoms with Crippen molar-refractivity contribution in [3.8, 4) is 11.3 Å². The van der Waals surface area contributed by atoms with Crippen LogP contribution in [-0.4, -0.2) is 14.5 Å². The number of halogens is 1. The van der Waals surface area contributed by atoms with Gasteiger partial charge in [0.15, 0.2) is 4.96 Å². The van der Waals surface area contributed by atoms with Crippen LogP contribution in [0.25, 0.3) is 16.2 Å². The fourth-order valence-corrected chi connectivity index (χ4v) is 3.80. The fourth-order valence-electron chi connectivity index (χ4n) is 2.65. The zero-order valence-electron chi connectivity index (χ0n) is 12.1. The lowest BCUT2D eigenvalue weighted by molar-refractivity contribution is 0.214. The van der Waals surface area contributed by atoms with E-state index in [1.165, 1.54) is 0 Å². The lowest BCUT2D eigenvalue weighted by Crippen LogP contribution is -2.03. The van der Waals surface area contributed by atoms with E-state index in [0.29, 0.717) is 0 Å². The van der Waals surface area contributed by atoms with Crippen molar-refractivity contribution < 1.29 is 5.11 Å². The minimum absolute atomic E-state index is 0.699. The van der Waals surface area contributed by atoms with E-state index in [9.17, 15) is 5.11 Å². The highest BCUT2D eigenvalue weighted by atomic mass is 79.9. The molecule has 0 amide bonds. The molecule has 1 atom stereocenters. The van der Waals surface area contributed by atoms with Gasteiger partial charge in [0.2, 0.25) is 0 Å². The van der Waals surface area contributed by atoms with Gasteiger partial charge in [-0.25, -0.2) is 4.98 Å². The third-order valence-electron chi connectivity index (χ3n) is 3.81. The number of thiazole rings is 1. The second-order valence-electron chi connectivity index (χ2n) is 5.24. The van der Waals surface area contributed by atoms with E-state index in [2.05, 4.69) is 38.4 Å². The van der Waals surface area contributed by atoms with Gasteiger partial charge in [-0.1, -0.05) is 58.4 Å². The van der Waals surface area contributed by atoms with Crippen LogP contribution in [0.3, 0.4) is 0 Å². The van der Waals surface area contributed by atoms with Crippen LogP contribution in [0, 0.1) is 0 Å². The Hall–Kier alpha value is -1.95. The van der Waals surface area contributed by atoms with Crippen molar-refractivity contribution in [3.63, 3.8) is 0 Å². The van der Waals surface area contributed by atoms with Gasteiger partial charge in [-0.15, -0.1) is 11.3 Å². The smallest absolute Gasteiger partial charge is 0.194 e. The Kier molecular flexibility index (Phi) is 3.77. The lowest BCUT2D eigenvalue weighted by atomic mass is 10.1. The van der Waals surface area contributed by atoms with Gasteiger partial charge >= 0.3 is 0 Å². The molecular weight excluding hydrogens is 372 g/mol. The minimum atomic E-state index is -0.699. The first-order chi connectivity index (χ1) is 11.2. The van der Waals surface area contributed by atoms with Crippen LogP contribution in [0.15, 0.2) is 70.6 Å². The van der Waals surface area contributed by atoms with E-state index in [1.807, 2.05) is 46.9 Å². The molecule has 3 nitrogen and oxygen atoms in total. The van der Waals surface area contributed by atoms with Crippen LogP contribution in [0.5, 0.6) is 0 Å². The molecule has 0 radical (unpaired) electrons. The molecule has 0 fully saturated rings. The molecule has 0 saturated heterocycles. The minimum Gasteiger partial charge on any atom is -0.382 e. The maximum absolute atomic E-state index is 10.7. The summed E-state index contributed by atoms with van der Waals surface area (Å²) < 4.78 is 3.08. The van der Waals surface area contributed by atoms with Crippen LogP contribution < -0.4 is 0 Å². The van der Waals surface area contributed by atoms with Crippen LogP contribution in [0.4, 0.5) is 0 Å². The number of hydrogen-bond donors (Lipinski definition) is 1. The molecule has 2 aromatic heterocycles. The maximum atomic E-state index is 10.7. The third-order valence-corrected chi connectivity index (χ3v) is 5.18. The Bertz CT molecular complexity index is 944. The molecule has 4 rings (SSSR count). The number of benzene rings is 2. The molecule has 23 heavy (non-hydrogen) atoms. The Morgan fingerprint density at radius 1 is 1.04 bits per heavy atom. The molecule has 4 aromatic rings. The summed E-state index contributed by atoms with van der Waals surface area (Å²) in [6.45, 7) is 0. The molecule has 0 saturated carbocycles. The molecule has 0 aliphatic rings. The number of aliphatic hydroxyl groups is 1.